The van der Waals surface area contributed by atoms with Crippen molar-refractivity contribution in [2.45, 2.75) is 6.54 Å². The van der Waals surface area contributed by atoms with Crippen LogP contribution in [-0.4, -0.2) is 10.2 Å². The van der Waals surface area contributed by atoms with Crippen molar-refractivity contribution in [1.82, 2.24) is 0 Å². The quantitative estimate of drug-likeness (QED) is 0.758. The first kappa shape index (κ1) is 13.2. The molecule has 2 aromatic rings. The van der Waals surface area contributed by atoms with E-state index in [0.29, 0.717) is 17.8 Å². The van der Waals surface area contributed by atoms with Crippen LogP contribution in [0, 0.1) is 11.3 Å². The van der Waals surface area contributed by atoms with Crippen molar-refractivity contribution in [1.29, 1.82) is 5.26 Å². The molecule has 0 aliphatic carbocycles. The Balaban J connectivity index is 2.16. The highest BCUT2D eigenvalue weighted by Gasteiger charge is 2.04. The van der Waals surface area contributed by atoms with Crippen LogP contribution in [0.2, 0.25) is 0 Å². The molecule has 5 heteroatoms. The van der Waals surface area contributed by atoms with Crippen LogP contribution in [-0.2, 0) is 6.54 Å². The van der Waals surface area contributed by atoms with Crippen molar-refractivity contribution in [2.75, 3.05) is 5.32 Å². The Morgan fingerprint density at radius 1 is 1.11 bits per heavy atom. The van der Waals surface area contributed by atoms with Gasteiger partial charge in [-0.05, 0) is 35.9 Å². The smallest absolute Gasteiger partial charge is 0.157 e. The number of nitrogens with one attached hydrogen (secondary N) is 1. The molecule has 3 N–H and O–H groups in total. The highest BCUT2D eigenvalue weighted by molar-refractivity contribution is 9.10. The first-order valence-corrected chi connectivity index (χ1v) is 6.34. The second-order valence-electron chi connectivity index (χ2n) is 3.98. The summed E-state index contributed by atoms with van der Waals surface area (Å²) in [5, 5.41) is 30.8. The third kappa shape index (κ3) is 3.18. The monoisotopic (exact) mass is 318 g/mol. The number of hydrogen-bond donors (Lipinski definition) is 3. The molecule has 0 aliphatic heterocycles. The topological polar surface area (TPSA) is 76.3 Å². The predicted molar refractivity (Wildman–Crippen MR) is 76.0 cm³/mol. The molecule has 0 saturated heterocycles. The van der Waals surface area contributed by atoms with Crippen LogP contribution in [0.5, 0.6) is 11.5 Å². The molecule has 0 aromatic heterocycles. The van der Waals surface area contributed by atoms with Crippen molar-refractivity contribution < 1.29 is 10.2 Å². The Labute approximate surface area is 119 Å². The molecule has 0 bridgehead atoms. The van der Waals surface area contributed by atoms with Crippen LogP contribution in [0.4, 0.5) is 5.69 Å². The summed E-state index contributed by atoms with van der Waals surface area (Å²) in [7, 11) is 0. The number of aromatic hydroxyl groups is 2. The van der Waals surface area contributed by atoms with Gasteiger partial charge in [0.15, 0.2) is 11.5 Å². The minimum absolute atomic E-state index is 0.149. The van der Waals surface area contributed by atoms with E-state index in [9.17, 15) is 10.2 Å². The van der Waals surface area contributed by atoms with Crippen molar-refractivity contribution in [3.63, 3.8) is 0 Å². The lowest BCUT2D eigenvalue weighted by Crippen LogP contribution is -2.01. The van der Waals surface area contributed by atoms with Gasteiger partial charge in [-0.3, -0.25) is 0 Å². The average molecular weight is 319 g/mol. The predicted octanol–water partition coefficient (Wildman–Crippen LogP) is 3.34. The molecule has 96 valence electrons. The summed E-state index contributed by atoms with van der Waals surface area (Å²) in [5.41, 5.74) is 2.06. The summed E-state index contributed by atoms with van der Waals surface area (Å²) in [6.45, 7) is 0.443. The molecule has 0 fully saturated rings. The minimum atomic E-state index is -0.158. The average Bonchev–Trinajstić information content (AvgIpc) is 2.40. The van der Waals surface area contributed by atoms with E-state index in [-0.39, 0.29) is 11.5 Å². The lowest BCUT2D eigenvalue weighted by Gasteiger charge is -2.09. The molecule has 0 amide bonds. The Kier molecular flexibility index (Phi) is 3.93. The van der Waals surface area contributed by atoms with E-state index >= 15 is 0 Å². The van der Waals surface area contributed by atoms with Gasteiger partial charge in [0.05, 0.1) is 11.3 Å². The molecule has 0 unspecified atom stereocenters. The molecular weight excluding hydrogens is 308 g/mol. The van der Waals surface area contributed by atoms with E-state index in [1.54, 1.807) is 18.2 Å². The third-order valence-electron chi connectivity index (χ3n) is 2.62. The molecule has 4 nitrogen and oxygen atoms in total. The van der Waals surface area contributed by atoms with Crippen LogP contribution in [0.1, 0.15) is 11.1 Å². The largest absolute Gasteiger partial charge is 0.504 e. The van der Waals surface area contributed by atoms with Crippen molar-refractivity contribution in [3.05, 3.63) is 52.0 Å². The molecule has 0 radical (unpaired) electrons. The maximum absolute atomic E-state index is 9.40. The molecule has 0 atom stereocenters. The van der Waals surface area contributed by atoms with Gasteiger partial charge >= 0.3 is 0 Å². The summed E-state index contributed by atoms with van der Waals surface area (Å²) < 4.78 is 0.877. The highest BCUT2D eigenvalue weighted by atomic mass is 79.9. The lowest BCUT2D eigenvalue weighted by molar-refractivity contribution is 0.403. The number of nitrogens with zero attached hydrogens (tertiary/aromatic N) is 1. The number of nitriles is 1. The second-order valence-corrected chi connectivity index (χ2v) is 4.89. The fourth-order valence-corrected chi connectivity index (χ4v) is 2.00. The Hall–Kier alpha value is -2.19. The standard InChI is InChI=1S/C14H11BrN2O2/c15-11-3-2-10(7-16)12(6-11)17-8-9-1-4-13(18)14(19)5-9/h1-6,17-19H,8H2. The van der Waals surface area contributed by atoms with Gasteiger partial charge in [0.25, 0.3) is 0 Å². The number of phenolic OH excluding ortho intramolecular Hbond substituents is 2. The van der Waals surface area contributed by atoms with Crippen molar-refractivity contribution in [3.8, 4) is 17.6 Å². The number of benzene rings is 2. The molecule has 0 heterocycles. The number of halogens is 1. The van der Waals surface area contributed by atoms with Crippen molar-refractivity contribution >= 4 is 21.6 Å². The zero-order chi connectivity index (χ0) is 13.8. The van der Waals surface area contributed by atoms with Crippen LogP contribution in [0.3, 0.4) is 0 Å². The van der Waals surface area contributed by atoms with Gasteiger partial charge < -0.3 is 15.5 Å². The molecule has 0 spiro atoms. The van der Waals surface area contributed by atoms with Gasteiger partial charge in [-0.2, -0.15) is 5.26 Å². The van der Waals surface area contributed by atoms with Crippen LogP contribution >= 0.6 is 15.9 Å². The Bertz CT molecular complexity index is 650. The maximum Gasteiger partial charge on any atom is 0.157 e. The van der Waals surface area contributed by atoms with Gasteiger partial charge in [-0.15, -0.1) is 0 Å². The number of rotatable bonds is 3. The van der Waals surface area contributed by atoms with Gasteiger partial charge in [0.1, 0.15) is 6.07 Å². The third-order valence-corrected chi connectivity index (χ3v) is 3.12. The molecule has 2 aromatic carbocycles. The lowest BCUT2D eigenvalue weighted by atomic mass is 10.1. The fraction of sp³-hybridized carbons (Fsp3) is 0.0714. The maximum atomic E-state index is 9.40. The fourth-order valence-electron chi connectivity index (χ4n) is 1.64. The van der Waals surface area contributed by atoms with Crippen molar-refractivity contribution in [2.24, 2.45) is 0 Å². The SMILES string of the molecule is N#Cc1ccc(Br)cc1NCc1ccc(O)c(O)c1. The Morgan fingerprint density at radius 3 is 2.58 bits per heavy atom. The van der Waals surface area contributed by atoms with E-state index in [1.807, 2.05) is 6.07 Å². The first-order valence-electron chi connectivity index (χ1n) is 5.54. The van der Waals surface area contributed by atoms with Gasteiger partial charge in [0, 0.05) is 11.0 Å². The van der Waals surface area contributed by atoms with Crippen LogP contribution in [0.15, 0.2) is 40.9 Å². The molecular formula is C14H11BrN2O2. The van der Waals surface area contributed by atoms with E-state index in [0.717, 1.165) is 10.0 Å². The zero-order valence-corrected chi connectivity index (χ0v) is 11.5. The minimum Gasteiger partial charge on any atom is -0.504 e. The molecule has 0 saturated carbocycles. The van der Waals surface area contributed by atoms with E-state index in [2.05, 4.69) is 27.3 Å². The van der Waals surface area contributed by atoms with Gasteiger partial charge in [-0.1, -0.05) is 22.0 Å². The summed E-state index contributed by atoms with van der Waals surface area (Å²) >= 11 is 3.35. The van der Waals surface area contributed by atoms with E-state index < -0.39 is 0 Å². The number of phenols is 2. The summed E-state index contributed by atoms with van der Waals surface area (Å²) in [5.74, 6) is -0.307. The Morgan fingerprint density at radius 2 is 1.89 bits per heavy atom. The van der Waals surface area contributed by atoms with Gasteiger partial charge in [0.2, 0.25) is 0 Å². The summed E-state index contributed by atoms with van der Waals surface area (Å²) in [6.07, 6.45) is 0. The van der Waals surface area contributed by atoms with E-state index in [4.69, 9.17) is 5.26 Å². The van der Waals surface area contributed by atoms with E-state index in [1.165, 1.54) is 12.1 Å². The molecule has 2 rings (SSSR count). The number of hydrogen-bond acceptors (Lipinski definition) is 4. The second kappa shape index (κ2) is 5.63. The normalized spacial score (nSPS) is 9.89. The van der Waals surface area contributed by atoms with Crippen LogP contribution in [0.25, 0.3) is 0 Å². The first-order chi connectivity index (χ1) is 9.10. The van der Waals surface area contributed by atoms with Crippen LogP contribution < -0.4 is 5.32 Å². The molecule has 0 aliphatic rings. The van der Waals surface area contributed by atoms with Gasteiger partial charge in [-0.25, -0.2) is 0 Å². The summed E-state index contributed by atoms with van der Waals surface area (Å²) in [4.78, 5) is 0. The number of anilines is 1. The molecule has 19 heavy (non-hydrogen) atoms. The zero-order valence-electron chi connectivity index (χ0n) is 9.89. The summed E-state index contributed by atoms with van der Waals surface area (Å²) in [6, 6.07) is 12.1. The highest BCUT2D eigenvalue weighted by Crippen LogP contribution is 2.26.